The highest BCUT2D eigenvalue weighted by atomic mass is 16.5. The van der Waals surface area contributed by atoms with Gasteiger partial charge in [0, 0.05) is 43.5 Å². The number of tetrazole rings is 1. The summed E-state index contributed by atoms with van der Waals surface area (Å²) in [6.07, 6.45) is 11.4. The van der Waals surface area contributed by atoms with Crippen molar-refractivity contribution in [1.29, 1.82) is 5.26 Å². The van der Waals surface area contributed by atoms with Crippen LogP contribution in [0.2, 0.25) is 0 Å². The third-order valence-corrected chi connectivity index (χ3v) is 8.75. The Hall–Kier alpha value is -4.65. The van der Waals surface area contributed by atoms with Gasteiger partial charge in [0.1, 0.15) is 29.9 Å². The van der Waals surface area contributed by atoms with E-state index in [1.54, 1.807) is 37.0 Å². The third kappa shape index (κ3) is 8.62. The van der Waals surface area contributed by atoms with Crippen LogP contribution in [0.5, 0.6) is 11.6 Å². The molecule has 15 heteroatoms. The minimum atomic E-state index is -0.851. The summed E-state index contributed by atoms with van der Waals surface area (Å²) in [4.78, 5) is 11.7. The summed E-state index contributed by atoms with van der Waals surface area (Å²) in [6.45, 7) is 9.80. The number of ether oxygens (including phenoxy) is 3. The van der Waals surface area contributed by atoms with E-state index in [9.17, 15) is 10.4 Å². The van der Waals surface area contributed by atoms with Gasteiger partial charge in [0.15, 0.2) is 0 Å². The Kier molecular flexibility index (Phi) is 10.4. The van der Waals surface area contributed by atoms with E-state index < -0.39 is 5.60 Å². The lowest BCUT2D eigenvalue weighted by Gasteiger charge is -2.38. The van der Waals surface area contributed by atoms with Crippen LogP contribution in [0, 0.1) is 11.3 Å². The second kappa shape index (κ2) is 15.1. The van der Waals surface area contributed by atoms with Gasteiger partial charge in [-0.05, 0) is 74.6 Å². The molecule has 2 aliphatic rings. The molecule has 3 aromatic heterocycles. The molecule has 48 heavy (non-hydrogen) atoms. The van der Waals surface area contributed by atoms with E-state index in [2.05, 4.69) is 41.8 Å². The summed E-state index contributed by atoms with van der Waals surface area (Å²) in [5.41, 5.74) is 1.80. The lowest BCUT2D eigenvalue weighted by molar-refractivity contribution is 0.00501. The molecule has 4 aromatic rings. The predicted octanol–water partition coefficient (Wildman–Crippen LogP) is 3.77. The van der Waals surface area contributed by atoms with Crippen LogP contribution >= 0.6 is 0 Å². The van der Waals surface area contributed by atoms with Crippen LogP contribution in [0.4, 0.5) is 11.6 Å². The molecule has 4 heterocycles. The molecule has 0 spiro atoms. The zero-order valence-electron chi connectivity index (χ0n) is 27.7. The van der Waals surface area contributed by atoms with Crippen molar-refractivity contribution in [3.8, 4) is 28.8 Å². The second-order valence-electron chi connectivity index (χ2n) is 13.1. The highest BCUT2D eigenvalue weighted by molar-refractivity contribution is 5.67. The highest BCUT2D eigenvalue weighted by Crippen LogP contribution is 2.35. The topological polar surface area (TPSA) is 174 Å². The van der Waals surface area contributed by atoms with Gasteiger partial charge in [-0.1, -0.05) is 6.07 Å². The van der Waals surface area contributed by atoms with Crippen molar-refractivity contribution in [2.24, 2.45) is 0 Å². The van der Waals surface area contributed by atoms with E-state index in [1.807, 2.05) is 29.9 Å². The van der Waals surface area contributed by atoms with E-state index in [-0.39, 0.29) is 12.1 Å². The van der Waals surface area contributed by atoms with Crippen LogP contribution in [0.15, 0.2) is 43.1 Å². The molecule has 1 aromatic carbocycles. The normalized spacial score (nSPS) is 19.4. The van der Waals surface area contributed by atoms with Crippen molar-refractivity contribution >= 4 is 11.6 Å². The van der Waals surface area contributed by atoms with Gasteiger partial charge in [-0.15, -0.1) is 10.2 Å². The van der Waals surface area contributed by atoms with Crippen molar-refractivity contribution in [1.82, 2.24) is 44.9 Å². The van der Waals surface area contributed by atoms with Crippen LogP contribution in [0.3, 0.4) is 0 Å². The smallest absolute Gasteiger partial charge is 0.256 e. The van der Waals surface area contributed by atoms with Gasteiger partial charge in [0.25, 0.3) is 5.88 Å². The minimum Gasteiger partial charge on any atom is -0.487 e. The van der Waals surface area contributed by atoms with Crippen molar-refractivity contribution < 1.29 is 19.3 Å². The number of morpholine rings is 1. The zero-order valence-corrected chi connectivity index (χ0v) is 27.7. The number of anilines is 2. The number of aliphatic hydroxyl groups is 1. The van der Waals surface area contributed by atoms with Crippen LogP contribution in [0.25, 0.3) is 11.1 Å². The van der Waals surface area contributed by atoms with Gasteiger partial charge in [-0.3, -0.25) is 9.58 Å². The number of nitrogens with one attached hydrogen (secondary N) is 1. The summed E-state index contributed by atoms with van der Waals surface area (Å²) in [6, 6.07) is 8.42. The average Bonchev–Trinajstić information content (AvgIpc) is 3.75. The van der Waals surface area contributed by atoms with Crippen molar-refractivity contribution in [3.63, 3.8) is 0 Å². The first-order valence-corrected chi connectivity index (χ1v) is 16.5. The van der Waals surface area contributed by atoms with E-state index in [4.69, 9.17) is 19.3 Å². The minimum absolute atomic E-state index is 0.265. The Morgan fingerprint density at radius 3 is 2.54 bits per heavy atom. The fourth-order valence-corrected chi connectivity index (χ4v) is 6.12. The SMILES string of the molecule is C[C@@H](Cn1cnnn1)Oc1cc(-c2cnc(Nc3cn(C4CCC(N5CCOCC5)CC4)nc3OCCC(C)(C)O)nc2)ccc1C#N. The number of aromatic nitrogens is 8. The number of benzene rings is 1. The standard InChI is InChI=1S/C33H43N11O4/c1-23(20-43-22-37-40-41-43)48-30-16-24(4-5-25(30)17-34)26-18-35-32(36-19-26)38-29-21-44(39-31(29)47-13-10-33(2,3)45)28-8-6-27(7-9-28)42-11-14-46-15-12-42/h4-5,16,18-19,21-23,27-28,45H,6-15,20H2,1-3H3,(H,35,36,38)/t23-,27?,28?/m0/s1. The second-order valence-corrected chi connectivity index (χ2v) is 13.1. The van der Waals surface area contributed by atoms with Crippen LogP contribution in [-0.2, 0) is 11.3 Å². The van der Waals surface area contributed by atoms with Gasteiger partial charge in [0.2, 0.25) is 5.95 Å². The number of nitriles is 1. The van der Waals surface area contributed by atoms with Gasteiger partial charge < -0.3 is 24.6 Å². The Bertz CT molecular complexity index is 1650. The van der Waals surface area contributed by atoms with Crippen LogP contribution < -0.4 is 14.8 Å². The molecule has 1 atom stereocenters. The van der Waals surface area contributed by atoms with Gasteiger partial charge in [-0.2, -0.15) is 5.26 Å². The molecule has 2 N–H and O–H groups in total. The van der Waals surface area contributed by atoms with Crippen molar-refractivity contribution in [3.05, 3.63) is 48.7 Å². The van der Waals surface area contributed by atoms with E-state index in [0.29, 0.717) is 54.4 Å². The van der Waals surface area contributed by atoms with E-state index in [1.165, 1.54) is 6.33 Å². The quantitative estimate of drug-likeness (QED) is 0.213. The first-order chi connectivity index (χ1) is 23.2. The first kappa shape index (κ1) is 33.3. The molecule has 0 radical (unpaired) electrons. The largest absolute Gasteiger partial charge is 0.487 e. The van der Waals surface area contributed by atoms with Crippen molar-refractivity contribution in [2.75, 3.05) is 38.2 Å². The Balaban J connectivity index is 1.14. The third-order valence-electron chi connectivity index (χ3n) is 8.75. The number of rotatable bonds is 13. The number of hydrogen-bond donors (Lipinski definition) is 2. The highest BCUT2D eigenvalue weighted by Gasteiger charge is 2.29. The average molecular weight is 658 g/mol. The summed E-state index contributed by atoms with van der Waals surface area (Å²) in [7, 11) is 0. The van der Waals surface area contributed by atoms with E-state index in [0.717, 1.165) is 63.1 Å². The maximum absolute atomic E-state index is 10.2. The predicted molar refractivity (Wildman–Crippen MR) is 176 cm³/mol. The van der Waals surface area contributed by atoms with Gasteiger partial charge >= 0.3 is 0 Å². The van der Waals surface area contributed by atoms with E-state index >= 15 is 0 Å². The monoisotopic (exact) mass is 657 g/mol. The molecule has 1 aliphatic carbocycles. The summed E-state index contributed by atoms with van der Waals surface area (Å²) in [5.74, 6) is 1.30. The molecule has 0 unspecified atom stereocenters. The molecule has 1 saturated carbocycles. The summed E-state index contributed by atoms with van der Waals surface area (Å²) < 4.78 is 21.3. The zero-order chi connectivity index (χ0) is 33.5. The van der Waals surface area contributed by atoms with Crippen LogP contribution in [0.1, 0.15) is 64.5 Å². The maximum Gasteiger partial charge on any atom is 0.256 e. The number of hydrogen-bond acceptors (Lipinski definition) is 13. The maximum atomic E-state index is 10.2. The summed E-state index contributed by atoms with van der Waals surface area (Å²) >= 11 is 0. The fourth-order valence-electron chi connectivity index (χ4n) is 6.12. The lowest BCUT2D eigenvalue weighted by atomic mass is 9.90. The molecular formula is C33H43N11O4. The van der Waals surface area contributed by atoms with Crippen LogP contribution in [-0.4, -0.2) is 101 Å². The molecule has 0 amide bonds. The molecular weight excluding hydrogens is 614 g/mol. The molecule has 0 bridgehead atoms. The fraction of sp³-hybridized carbons (Fsp3) is 0.545. The molecule has 1 saturated heterocycles. The van der Waals surface area contributed by atoms with Gasteiger partial charge in [-0.25, -0.2) is 14.6 Å². The molecule has 254 valence electrons. The summed E-state index contributed by atoms with van der Waals surface area (Å²) in [5, 5.41) is 39.2. The molecule has 1 aliphatic heterocycles. The Labute approximate surface area is 279 Å². The molecule has 15 nitrogen and oxygen atoms in total. The molecule has 2 fully saturated rings. The Morgan fingerprint density at radius 2 is 1.85 bits per heavy atom. The number of nitrogens with zero attached hydrogens (tertiary/aromatic N) is 10. The lowest BCUT2D eigenvalue weighted by Crippen LogP contribution is -2.45. The van der Waals surface area contributed by atoms with Gasteiger partial charge in [0.05, 0.1) is 49.8 Å². The van der Waals surface area contributed by atoms with Crippen molar-refractivity contribution in [2.45, 2.75) is 83.2 Å². The molecule has 6 rings (SSSR count). The Morgan fingerprint density at radius 1 is 1.10 bits per heavy atom. The first-order valence-electron chi connectivity index (χ1n) is 16.5.